The summed E-state index contributed by atoms with van der Waals surface area (Å²) in [6, 6.07) is 11.1. The summed E-state index contributed by atoms with van der Waals surface area (Å²) in [6.07, 6.45) is 7.80. The number of benzene rings is 2. The van der Waals surface area contributed by atoms with E-state index in [0.717, 1.165) is 56.5 Å². The summed E-state index contributed by atoms with van der Waals surface area (Å²) < 4.78 is 31.6. The number of non-ortho nitro benzene ring substituents is 1. The second-order valence-electron chi connectivity index (χ2n) is 15.7. The van der Waals surface area contributed by atoms with Gasteiger partial charge in [0, 0.05) is 69.4 Å². The number of nitro groups is 1. The van der Waals surface area contributed by atoms with Crippen LogP contribution in [0.1, 0.15) is 62.0 Å². The summed E-state index contributed by atoms with van der Waals surface area (Å²) in [4.78, 5) is 34.7. The topological polar surface area (TPSA) is 195 Å². The minimum atomic E-state index is -1.49. The van der Waals surface area contributed by atoms with Crippen LogP contribution in [-0.2, 0) is 25.7 Å². The second kappa shape index (κ2) is 21.8. The highest BCUT2D eigenvalue weighted by atomic mass is 16.7. The highest BCUT2D eigenvalue weighted by Gasteiger charge is 2.65. The van der Waals surface area contributed by atoms with Crippen LogP contribution in [0.2, 0.25) is 0 Å². The largest absolute Gasteiger partial charge is 0.492 e. The molecule has 2 heterocycles. The lowest BCUT2D eigenvalue weighted by Gasteiger charge is -2.59. The number of carbonyl (C=O) groups excluding carboxylic acids is 1. The molecular formula is C44H60N4O12. The van der Waals surface area contributed by atoms with Gasteiger partial charge in [-0.1, -0.05) is 30.1 Å². The fraction of sp³-hybridized carbons (Fsp3) is 0.591. The van der Waals surface area contributed by atoms with Crippen LogP contribution < -0.4 is 9.47 Å². The van der Waals surface area contributed by atoms with E-state index in [1.807, 2.05) is 12.1 Å². The molecule has 3 N–H and O–H groups in total. The number of unbranched alkanes of at least 4 members (excludes halogenated alkanes) is 2. The molecule has 4 aliphatic rings. The lowest BCUT2D eigenvalue weighted by molar-refractivity contribution is -0.384. The summed E-state index contributed by atoms with van der Waals surface area (Å²) in [5.74, 6) is -0.925. The first-order chi connectivity index (χ1) is 29.3. The molecule has 1 amide bonds. The number of aliphatic hydroxyl groups is 3. The Morgan fingerprint density at radius 1 is 1.05 bits per heavy atom. The predicted octanol–water partition coefficient (Wildman–Crippen LogP) is 5.20. The number of allylic oxidation sites excluding steroid dienone is 1. The van der Waals surface area contributed by atoms with Gasteiger partial charge in [0.1, 0.15) is 30.8 Å². The maximum absolute atomic E-state index is 13.9. The van der Waals surface area contributed by atoms with E-state index in [9.17, 15) is 30.2 Å². The highest BCUT2D eigenvalue weighted by molar-refractivity contribution is 6.03. The average Bonchev–Trinajstić information content (AvgIpc) is 4.09. The van der Waals surface area contributed by atoms with Crippen LogP contribution in [0.5, 0.6) is 11.5 Å². The molecule has 2 aliphatic heterocycles. The Kier molecular flexibility index (Phi) is 16.3. The Labute approximate surface area is 351 Å². The van der Waals surface area contributed by atoms with Crippen molar-refractivity contribution >= 4 is 17.5 Å². The predicted molar refractivity (Wildman–Crippen MR) is 222 cm³/mol. The molecule has 1 saturated heterocycles. The van der Waals surface area contributed by atoms with Gasteiger partial charge in [-0.25, -0.2) is 4.79 Å². The first kappa shape index (κ1) is 45.0. The standard InChI is InChI=1S/C44H60N4O12/c1-3-23-58-44-40(47(43(52)55-2)19-24-56-26-22-51)29-38(45-59-30-31-10-12-33(13-11-31)48(53)54)36-27-32(8-4-6-20-49)35(9-5-7-21-50)41(42(36)44)37-28-34(14-15-39(37)60-44)57-25-18-46-16-17-46/h3,10-15,27-28,32,35,40-42,49-51H,1,4-9,16-26,29-30H2,2H3/t32-,35+,40-,41+,42+,44+/m0/s1. The SMILES string of the molecule is C=CCO[C@@]12Oc3ccc(OCCN4CC4)cc3[C@H]3[C@H](CCCCO)[C@@H](CCCCO)C=C(C(=NOCc4ccc([N+](=O)[O-])cc4)C[C@@H]1N(CCOCCO)C(=O)OC)[C@H]32. The van der Waals surface area contributed by atoms with E-state index < -0.39 is 28.8 Å². The highest BCUT2D eigenvalue weighted by Crippen LogP contribution is 2.62. The van der Waals surface area contributed by atoms with Crippen molar-refractivity contribution in [1.29, 1.82) is 0 Å². The Morgan fingerprint density at radius 3 is 2.50 bits per heavy atom. The first-order valence-corrected chi connectivity index (χ1v) is 21.1. The molecule has 16 heteroatoms. The van der Waals surface area contributed by atoms with Gasteiger partial charge >= 0.3 is 6.09 Å². The third kappa shape index (κ3) is 10.6. The molecular weight excluding hydrogens is 777 g/mol. The third-order valence-corrected chi connectivity index (χ3v) is 11.9. The normalized spacial score (nSPS) is 24.7. The van der Waals surface area contributed by atoms with E-state index in [1.165, 1.54) is 19.2 Å². The van der Waals surface area contributed by atoms with Crippen molar-refractivity contribution < 1.29 is 53.6 Å². The van der Waals surface area contributed by atoms with Crippen LogP contribution in [-0.4, -0.2) is 133 Å². The van der Waals surface area contributed by atoms with Gasteiger partial charge in [0.05, 0.1) is 50.1 Å². The van der Waals surface area contributed by atoms with Gasteiger partial charge in [-0.15, -0.1) is 6.58 Å². The van der Waals surface area contributed by atoms with E-state index in [0.29, 0.717) is 42.2 Å². The molecule has 0 radical (unpaired) electrons. The molecule has 16 nitrogen and oxygen atoms in total. The molecule has 0 spiro atoms. The van der Waals surface area contributed by atoms with Gasteiger partial charge in [-0.05, 0) is 79.0 Å². The van der Waals surface area contributed by atoms with Crippen molar-refractivity contribution in [2.75, 3.05) is 79.5 Å². The maximum atomic E-state index is 13.9. The number of ether oxygens (including phenoxy) is 5. The number of rotatable bonds is 25. The van der Waals surface area contributed by atoms with Crippen molar-refractivity contribution in [3.05, 3.63) is 88.0 Å². The molecule has 60 heavy (non-hydrogen) atoms. The minimum Gasteiger partial charge on any atom is -0.492 e. The van der Waals surface area contributed by atoms with Gasteiger partial charge in [-0.3, -0.25) is 19.9 Å². The summed E-state index contributed by atoms with van der Waals surface area (Å²) >= 11 is 0. The van der Waals surface area contributed by atoms with Gasteiger partial charge in [-0.2, -0.15) is 0 Å². The number of nitrogens with zero attached hydrogens (tertiary/aromatic N) is 4. The lowest BCUT2D eigenvalue weighted by atomic mass is 9.55. The van der Waals surface area contributed by atoms with Crippen LogP contribution in [0.3, 0.4) is 0 Å². The summed E-state index contributed by atoms with van der Waals surface area (Å²) in [5, 5.41) is 45.3. The van der Waals surface area contributed by atoms with Crippen LogP contribution >= 0.6 is 0 Å². The molecule has 0 unspecified atom stereocenters. The third-order valence-electron chi connectivity index (χ3n) is 11.9. The van der Waals surface area contributed by atoms with E-state index in [4.69, 9.17) is 33.7 Å². The Bertz CT molecular complexity index is 1800. The number of fused-ring (bicyclic) bond motifs is 2. The number of oxime groups is 1. The lowest BCUT2D eigenvalue weighted by Crippen LogP contribution is -2.70. The van der Waals surface area contributed by atoms with Crippen LogP contribution in [0.4, 0.5) is 10.5 Å². The zero-order chi connectivity index (χ0) is 42.5. The van der Waals surface area contributed by atoms with E-state index in [2.05, 4.69) is 23.6 Å². The Hall–Kier alpha value is -4.58. The number of carbonyl (C=O) groups is 1. The molecule has 2 aromatic rings. The average molecular weight is 837 g/mol. The first-order valence-electron chi connectivity index (χ1n) is 21.1. The van der Waals surface area contributed by atoms with Gasteiger partial charge < -0.3 is 43.8 Å². The summed E-state index contributed by atoms with van der Waals surface area (Å²) in [7, 11) is 1.31. The van der Waals surface area contributed by atoms with Crippen LogP contribution in [0.25, 0.3) is 0 Å². The zero-order valence-electron chi connectivity index (χ0n) is 34.5. The summed E-state index contributed by atoms with van der Waals surface area (Å²) in [6.45, 7) is 7.80. The number of hydrogen-bond donors (Lipinski definition) is 3. The molecule has 1 saturated carbocycles. The molecule has 6 atom stereocenters. The Morgan fingerprint density at radius 2 is 1.82 bits per heavy atom. The zero-order valence-corrected chi connectivity index (χ0v) is 34.5. The molecule has 6 rings (SSSR count). The van der Waals surface area contributed by atoms with Crippen molar-refractivity contribution in [2.45, 2.75) is 69.3 Å². The fourth-order valence-electron chi connectivity index (χ4n) is 9.04. The van der Waals surface area contributed by atoms with Crippen molar-refractivity contribution in [3.8, 4) is 11.5 Å². The quantitative estimate of drug-likeness (QED) is 0.0389. The van der Waals surface area contributed by atoms with E-state index in [1.54, 1.807) is 23.1 Å². The molecule has 2 aromatic carbocycles. The monoisotopic (exact) mass is 836 g/mol. The van der Waals surface area contributed by atoms with E-state index in [-0.39, 0.29) is 82.7 Å². The van der Waals surface area contributed by atoms with Crippen molar-refractivity contribution in [2.24, 2.45) is 22.9 Å². The van der Waals surface area contributed by atoms with Crippen molar-refractivity contribution in [1.82, 2.24) is 9.80 Å². The summed E-state index contributed by atoms with van der Waals surface area (Å²) in [5.41, 5.74) is 3.03. The fourth-order valence-corrected chi connectivity index (χ4v) is 9.04. The molecule has 328 valence electrons. The Balaban J connectivity index is 1.52. The number of aliphatic hydroxyl groups excluding tert-OH is 3. The van der Waals surface area contributed by atoms with Crippen LogP contribution in [0.15, 0.2) is 71.9 Å². The van der Waals surface area contributed by atoms with Crippen molar-refractivity contribution in [3.63, 3.8) is 0 Å². The number of nitro benzene ring substituents is 1. The molecule has 0 aromatic heterocycles. The number of hydrogen-bond acceptors (Lipinski definition) is 14. The minimum absolute atomic E-state index is 0.0201. The maximum Gasteiger partial charge on any atom is 0.410 e. The van der Waals surface area contributed by atoms with Gasteiger partial charge in [0.15, 0.2) is 0 Å². The molecule has 2 fully saturated rings. The molecule has 0 bridgehead atoms. The number of amides is 1. The van der Waals surface area contributed by atoms with Gasteiger partial charge in [0.2, 0.25) is 5.79 Å². The van der Waals surface area contributed by atoms with Gasteiger partial charge in [0.25, 0.3) is 5.69 Å². The van der Waals surface area contributed by atoms with E-state index >= 15 is 0 Å². The van der Waals surface area contributed by atoms with Crippen LogP contribution in [0, 0.1) is 27.9 Å². The number of methoxy groups -OCH3 is 1. The molecule has 2 aliphatic carbocycles. The smallest absolute Gasteiger partial charge is 0.410 e. The second-order valence-corrected chi connectivity index (χ2v) is 15.7.